The minimum atomic E-state index is -3.99. The third-order valence-electron chi connectivity index (χ3n) is 3.74. The molecule has 0 aromatic carbocycles. The highest BCUT2D eigenvalue weighted by Crippen LogP contribution is 2.21. The molecule has 0 bridgehead atoms. The van der Waals surface area contributed by atoms with E-state index in [2.05, 4.69) is 19.9 Å². The van der Waals surface area contributed by atoms with Gasteiger partial charge in [0.2, 0.25) is 0 Å². The number of nitrogens with zero attached hydrogens (tertiary/aromatic N) is 4. The molecule has 0 aliphatic rings. The van der Waals surface area contributed by atoms with Crippen LogP contribution in [-0.2, 0) is 0 Å². The number of aliphatic imine (C=N–C) groups is 1. The Hall–Kier alpha value is -2.78. The molecule has 0 spiro atoms. The second-order valence-corrected chi connectivity index (χ2v) is 8.06. The topological polar surface area (TPSA) is 112 Å². The zero-order valence-corrected chi connectivity index (χ0v) is 15.6. The van der Waals surface area contributed by atoms with Crippen LogP contribution in [0.15, 0.2) is 65.9 Å². The lowest BCUT2D eigenvalue weighted by molar-refractivity contribution is 0.227. The van der Waals surface area contributed by atoms with Crippen LogP contribution < -0.4 is 0 Å². The van der Waals surface area contributed by atoms with Crippen molar-refractivity contribution in [3.8, 4) is 22.8 Å². The van der Waals surface area contributed by atoms with Crippen LogP contribution >= 0.6 is 0 Å². The molecule has 0 unspecified atom stereocenters. The van der Waals surface area contributed by atoms with Crippen molar-refractivity contribution in [1.82, 2.24) is 15.0 Å². The smallest absolute Gasteiger partial charge is 0.390 e. The minimum Gasteiger partial charge on any atom is -0.390 e. The Kier molecular flexibility index (Phi) is 6.15. The lowest BCUT2D eigenvalue weighted by Gasteiger charge is -2.07. The minimum absolute atomic E-state index is 0.0287. The molecule has 0 fully saturated rings. The average Bonchev–Trinajstić information content (AvgIpc) is 2.68. The molecule has 138 valence electrons. The van der Waals surface area contributed by atoms with Gasteiger partial charge in [0, 0.05) is 31.2 Å². The predicted octanol–water partition coefficient (Wildman–Crippen LogP) is 1.93. The van der Waals surface area contributed by atoms with Crippen LogP contribution in [0.3, 0.4) is 0 Å². The van der Waals surface area contributed by atoms with Gasteiger partial charge in [-0.25, -0.2) is 4.98 Å². The van der Waals surface area contributed by atoms with E-state index in [9.17, 15) is 0 Å². The number of hydrogen-bond donors (Lipinski definition) is 3. The molecule has 0 aliphatic carbocycles. The SMILES string of the molecule is O[Si](O)(O)CCCN=Cc1cc(-c2ccccn2)nc(-c2ccccn2)c1. The Bertz CT molecular complexity index is 842. The highest BCUT2D eigenvalue weighted by Gasteiger charge is 2.25. The van der Waals surface area contributed by atoms with Crippen LogP contribution in [0.1, 0.15) is 12.0 Å². The maximum Gasteiger partial charge on any atom is 0.492 e. The zero-order chi connectivity index (χ0) is 19.1. The second kappa shape index (κ2) is 8.74. The molecule has 0 radical (unpaired) electrons. The summed E-state index contributed by atoms with van der Waals surface area (Å²) in [6.07, 6.45) is 5.54. The summed E-state index contributed by atoms with van der Waals surface area (Å²) in [6, 6.07) is 15.0. The molecule has 0 atom stereocenters. The summed E-state index contributed by atoms with van der Waals surface area (Å²) in [5, 5.41) is 0. The van der Waals surface area contributed by atoms with E-state index >= 15 is 0 Å². The third kappa shape index (κ3) is 5.86. The molecule has 0 aliphatic heterocycles. The Labute approximate surface area is 158 Å². The molecule has 0 saturated heterocycles. The predicted molar refractivity (Wildman–Crippen MR) is 105 cm³/mol. The molecular formula is C19H20N4O3Si. The van der Waals surface area contributed by atoms with Gasteiger partial charge in [-0.3, -0.25) is 15.0 Å². The van der Waals surface area contributed by atoms with Crippen molar-refractivity contribution in [2.75, 3.05) is 6.54 Å². The van der Waals surface area contributed by atoms with Gasteiger partial charge in [0.25, 0.3) is 0 Å². The number of pyridine rings is 3. The highest BCUT2D eigenvalue weighted by molar-refractivity contribution is 6.56. The van der Waals surface area contributed by atoms with E-state index in [1.165, 1.54) is 0 Å². The first kappa shape index (κ1) is 19.0. The fourth-order valence-electron chi connectivity index (χ4n) is 2.49. The van der Waals surface area contributed by atoms with E-state index in [1.807, 2.05) is 48.5 Å². The summed E-state index contributed by atoms with van der Waals surface area (Å²) in [5.41, 5.74) is 3.77. The van der Waals surface area contributed by atoms with E-state index < -0.39 is 8.80 Å². The van der Waals surface area contributed by atoms with Crippen molar-refractivity contribution < 1.29 is 14.4 Å². The van der Waals surface area contributed by atoms with Crippen molar-refractivity contribution in [3.63, 3.8) is 0 Å². The molecule has 8 heteroatoms. The van der Waals surface area contributed by atoms with Gasteiger partial charge in [0.05, 0.1) is 22.8 Å². The number of aromatic nitrogens is 3. The second-order valence-electron chi connectivity index (χ2n) is 6.01. The van der Waals surface area contributed by atoms with Crippen LogP contribution in [0.25, 0.3) is 22.8 Å². The Morgan fingerprint density at radius 2 is 1.44 bits per heavy atom. The van der Waals surface area contributed by atoms with Gasteiger partial charge < -0.3 is 14.4 Å². The first-order valence-electron chi connectivity index (χ1n) is 8.53. The van der Waals surface area contributed by atoms with Crippen molar-refractivity contribution in [2.24, 2.45) is 4.99 Å². The molecule has 3 rings (SSSR count). The number of hydrogen-bond acceptors (Lipinski definition) is 7. The van der Waals surface area contributed by atoms with E-state index in [4.69, 9.17) is 14.4 Å². The maximum atomic E-state index is 9.03. The normalized spacial score (nSPS) is 11.8. The molecule has 3 aromatic rings. The van der Waals surface area contributed by atoms with Crippen LogP contribution in [-0.4, -0.2) is 50.9 Å². The zero-order valence-electron chi connectivity index (χ0n) is 14.6. The molecule has 0 saturated carbocycles. The first-order chi connectivity index (χ1) is 13.0. The number of rotatable bonds is 7. The van der Waals surface area contributed by atoms with Crippen LogP contribution in [0, 0.1) is 0 Å². The fourth-order valence-corrected chi connectivity index (χ4v) is 3.13. The third-order valence-corrected chi connectivity index (χ3v) is 4.77. The summed E-state index contributed by atoms with van der Waals surface area (Å²) in [6.45, 7) is 0.386. The van der Waals surface area contributed by atoms with Gasteiger partial charge in [-0.1, -0.05) is 12.1 Å². The summed E-state index contributed by atoms with van der Waals surface area (Å²) in [5.74, 6) is 0. The van der Waals surface area contributed by atoms with Gasteiger partial charge in [-0.15, -0.1) is 0 Å². The Balaban J connectivity index is 1.86. The Morgan fingerprint density at radius 3 is 1.93 bits per heavy atom. The molecule has 27 heavy (non-hydrogen) atoms. The van der Waals surface area contributed by atoms with Crippen LogP contribution in [0.5, 0.6) is 0 Å². The Morgan fingerprint density at radius 1 is 0.852 bits per heavy atom. The fraction of sp³-hybridized carbons (Fsp3) is 0.158. The lowest BCUT2D eigenvalue weighted by atomic mass is 10.1. The van der Waals surface area contributed by atoms with Crippen molar-refractivity contribution in [3.05, 3.63) is 66.5 Å². The largest absolute Gasteiger partial charge is 0.492 e. The van der Waals surface area contributed by atoms with Gasteiger partial charge in [-0.05, 0) is 48.4 Å². The van der Waals surface area contributed by atoms with Crippen LogP contribution in [0.2, 0.25) is 6.04 Å². The van der Waals surface area contributed by atoms with E-state index in [0.717, 1.165) is 17.0 Å². The average molecular weight is 380 g/mol. The van der Waals surface area contributed by atoms with Gasteiger partial charge in [0.15, 0.2) is 0 Å². The standard InChI is InChI=1S/C19H20N4O3Si/c24-27(25,26)11-5-8-20-14-15-12-18(16-6-1-3-9-21-16)23-19(13-15)17-7-2-4-10-22-17/h1-4,6-7,9-10,12-14,24-26H,5,8,11H2. The molecular weight excluding hydrogens is 360 g/mol. The monoisotopic (exact) mass is 380 g/mol. The molecule has 7 nitrogen and oxygen atoms in total. The van der Waals surface area contributed by atoms with E-state index in [0.29, 0.717) is 24.4 Å². The molecule has 0 amide bonds. The summed E-state index contributed by atoms with van der Waals surface area (Å²) in [4.78, 5) is 44.8. The summed E-state index contributed by atoms with van der Waals surface area (Å²) >= 11 is 0. The molecule has 3 N–H and O–H groups in total. The molecule has 3 heterocycles. The summed E-state index contributed by atoms with van der Waals surface area (Å²) in [7, 11) is -3.99. The van der Waals surface area contributed by atoms with E-state index in [-0.39, 0.29) is 6.04 Å². The quantitative estimate of drug-likeness (QED) is 0.328. The van der Waals surface area contributed by atoms with Crippen molar-refractivity contribution in [2.45, 2.75) is 12.5 Å². The van der Waals surface area contributed by atoms with Gasteiger partial charge in [-0.2, -0.15) is 0 Å². The summed E-state index contributed by atoms with van der Waals surface area (Å²) < 4.78 is 0. The maximum absolute atomic E-state index is 9.03. The van der Waals surface area contributed by atoms with E-state index in [1.54, 1.807) is 18.6 Å². The van der Waals surface area contributed by atoms with Gasteiger partial charge in [0.1, 0.15) is 0 Å². The van der Waals surface area contributed by atoms with Crippen molar-refractivity contribution in [1.29, 1.82) is 0 Å². The van der Waals surface area contributed by atoms with Gasteiger partial charge >= 0.3 is 8.80 Å². The highest BCUT2D eigenvalue weighted by atomic mass is 28.4. The van der Waals surface area contributed by atoms with Crippen LogP contribution in [0.4, 0.5) is 0 Å². The first-order valence-corrected chi connectivity index (χ1v) is 10.6. The molecule has 3 aromatic heterocycles. The van der Waals surface area contributed by atoms with Crippen molar-refractivity contribution >= 4 is 15.0 Å². The lowest BCUT2D eigenvalue weighted by Crippen LogP contribution is -2.34.